The third kappa shape index (κ3) is 1.56. The van der Waals surface area contributed by atoms with E-state index in [0.717, 1.165) is 26.8 Å². The van der Waals surface area contributed by atoms with E-state index in [1.54, 1.807) is 6.20 Å². The molecule has 66 valence electrons. The normalized spacial score (nSPS) is 10.7. The van der Waals surface area contributed by atoms with E-state index in [-0.39, 0.29) is 0 Å². The highest BCUT2D eigenvalue weighted by atomic mass is 79.9. The maximum atomic E-state index is 4.43. The van der Waals surface area contributed by atoms with E-state index in [4.69, 9.17) is 0 Å². The molecule has 0 unspecified atom stereocenters. The van der Waals surface area contributed by atoms with Crippen molar-refractivity contribution in [2.24, 2.45) is 0 Å². The molecule has 0 radical (unpaired) electrons. The third-order valence-electron chi connectivity index (χ3n) is 1.92. The van der Waals surface area contributed by atoms with Crippen LogP contribution in [0, 0.1) is 13.8 Å². The fourth-order valence-electron chi connectivity index (χ4n) is 1.33. The second-order valence-corrected chi connectivity index (χ2v) is 4.02. The average molecular weight is 237 g/mol. The lowest BCUT2D eigenvalue weighted by Gasteiger charge is -2.02. The summed E-state index contributed by atoms with van der Waals surface area (Å²) in [6.45, 7) is 4.00. The van der Waals surface area contributed by atoms with E-state index in [9.17, 15) is 0 Å². The van der Waals surface area contributed by atoms with Crippen LogP contribution in [0.1, 0.15) is 11.3 Å². The van der Waals surface area contributed by atoms with Crippen molar-refractivity contribution < 1.29 is 0 Å². The molecule has 2 nitrogen and oxygen atoms in total. The van der Waals surface area contributed by atoms with Crippen LogP contribution in [-0.2, 0) is 0 Å². The highest BCUT2D eigenvalue weighted by Gasteiger charge is 2.01. The van der Waals surface area contributed by atoms with E-state index < -0.39 is 0 Å². The number of aryl methyl sites for hydroxylation is 2. The maximum absolute atomic E-state index is 4.43. The number of benzene rings is 1. The molecule has 0 fully saturated rings. The van der Waals surface area contributed by atoms with Crippen LogP contribution in [0.15, 0.2) is 22.8 Å². The predicted molar refractivity (Wildman–Crippen MR) is 56.7 cm³/mol. The fourth-order valence-corrected chi connectivity index (χ4v) is 1.89. The van der Waals surface area contributed by atoms with E-state index in [1.807, 2.05) is 19.9 Å². The summed E-state index contributed by atoms with van der Waals surface area (Å²) in [4.78, 5) is 8.74. The molecule has 0 aliphatic heterocycles. The zero-order valence-corrected chi connectivity index (χ0v) is 9.09. The number of fused-ring (bicyclic) bond motifs is 1. The monoisotopic (exact) mass is 236 g/mol. The molecule has 0 aliphatic rings. The zero-order valence-electron chi connectivity index (χ0n) is 7.50. The Morgan fingerprint density at radius 2 is 2.00 bits per heavy atom. The minimum atomic E-state index is 0.942. The molecule has 1 aromatic carbocycles. The number of rotatable bonds is 0. The lowest BCUT2D eigenvalue weighted by molar-refractivity contribution is 1.17. The van der Waals surface area contributed by atoms with Gasteiger partial charge >= 0.3 is 0 Å². The molecule has 0 bridgehead atoms. The Morgan fingerprint density at radius 3 is 2.77 bits per heavy atom. The molecule has 1 aromatic heterocycles. The SMILES string of the molecule is Cc1cnc2cc(Br)cc(C)c2n1. The first kappa shape index (κ1) is 8.63. The van der Waals surface area contributed by atoms with Crippen LogP contribution in [-0.4, -0.2) is 9.97 Å². The molecule has 0 atom stereocenters. The molecule has 0 spiro atoms. The first-order valence-electron chi connectivity index (χ1n) is 4.06. The Morgan fingerprint density at radius 1 is 1.23 bits per heavy atom. The van der Waals surface area contributed by atoms with Gasteiger partial charge in [-0.1, -0.05) is 15.9 Å². The summed E-state index contributed by atoms with van der Waals surface area (Å²) in [7, 11) is 0. The average Bonchev–Trinajstić information content (AvgIpc) is 2.06. The fraction of sp³-hybridized carbons (Fsp3) is 0.200. The largest absolute Gasteiger partial charge is 0.253 e. The van der Waals surface area contributed by atoms with Crippen molar-refractivity contribution in [3.8, 4) is 0 Å². The van der Waals surface area contributed by atoms with Crippen molar-refractivity contribution >= 4 is 27.0 Å². The standard InChI is InChI=1S/C10H9BrN2/c1-6-3-8(11)4-9-10(6)13-7(2)5-12-9/h3-5H,1-2H3. The molecule has 0 saturated heterocycles. The summed E-state index contributed by atoms with van der Waals surface area (Å²) in [6.07, 6.45) is 1.79. The Kier molecular flexibility index (Phi) is 2.04. The zero-order chi connectivity index (χ0) is 9.42. The number of nitrogens with zero attached hydrogens (tertiary/aromatic N) is 2. The Labute approximate surface area is 85.1 Å². The van der Waals surface area contributed by atoms with Gasteiger partial charge in [0.05, 0.1) is 16.7 Å². The second kappa shape index (κ2) is 3.07. The van der Waals surface area contributed by atoms with Gasteiger partial charge in [-0.05, 0) is 31.5 Å². The lowest BCUT2D eigenvalue weighted by Crippen LogP contribution is -1.89. The molecule has 3 heteroatoms. The Bertz CT molecular complexity index is 466. The van der Waals surface area contributed by atoms with E-state index in [0.29, 0.717) is 0 Å². The minimum absolute atomic E-state index is 0.942. The molecular formula is C10H9BrN2. The molecule has 1 heterocycles. The van der Waals surface area contributed by atoms with Gasteiger partial charge < -0.3 is 0 Å². The van der Waals surface area contributed by atoms with Gasteiger partial charge in [0, 0.05) is 10.7 Å². The van der Waals surface area contributed by atoms with Gasteiger partial charge in [-0.2, -0.15) is 0 Å². The van der Waals surface area contributed by atoms with Gasteiger partial charge in [0.2, 0.25) is 0 Å². The summed E-state index contributed by atoms with van der Waals surface area (Å²) in [5.74, 6) is 0. The molecular weight excluding hydrogens is 228 g/mol. The molecule has 0 saturated carbocycles. The predicted octanol–water partition coefficient (Wildman–Crippen LogP) is 3.01. The van der Waals surface area contributed by atoms with Crippen molar-refractivity contribution in [3.05, 3.63) is 34.1 Å². The highest BCUT2D eigenvalue weighted by molar-refractivity contribution is 9.10. The van der Waals surface area contributed by atoms with Crippen LogP contribution in [0.3, 0.4) is 0 Å². The number of halogens is 1. The van der Waals surface area contributed by atoms with Gasteiger partial charge in [-0.25, -0.2) is 4.98 Å². The first-order chi connectivity index (χ1) is 6.16. The minimum Gasteiger partial charge on any atom is -0.253 e. The summed E-state index contributed by atoms with van der Waals surface area (Å²) >= 11 is 3.43. The highest BCUT2D eigenvalue weighted by Crippen LogP contribution is 2.20. The topological polar surface area (TPSA) is 25.8 Å². The van der Waals surface area contributed by atoms with Gasteiger partial charge in [-0.15, -0.1) is 0 Å². The number of hydrogen-bond donors (Lipinski definition) is 0. The molecule has 0 amide bonds. The van der Waals surface area contributed by atoms with Crippen LogP contribution in [0.25, 0.3) is 11.0 Å². The molecule has 13 heavy (non-hydrogen) atoms. The third-order valence-corrected chi connectivity index (χ3v) is 2.38. The molecule has 2 aromatic rings. The smallest absolute Gasteiger partial charge is 0.0919 e. The summed E-state index contributed by atoms with van der Waals surface area (Å²) in [5.41, 5.74) is 4.04. The van der Waals surface area contributed by atoms with Crippen LogP contribution in [0.5, 0.6) is 0 Å². The van der Waals surface area contributed by atoms with Crippen molar-refractivity contribution in [2.75, 3.05) is 0 Å². The summed E-state index contributed by atoms with van der Waals surface area (Å²) in [6, 6.07) is 4.03. The van der Waals surface area contributed by atoms with Crippen molar-refractivity contribution in [3.63, 3.8) is 0 Å². The van der Waals surface area contributed by atoms with Crippen LogP contribution in [0.2, 0.25) is 0 Å². The Hall–Kier alpha value is -0.960. The van der Waals surface area contributed by atoms with Crippen LogP contribution >= 0.6 is 15.9 Å². The lowest BCUT2D eigenvalue weighted by atomic mass is 10.2. The van der Waals surface area contributed by atoms with E-state index in [1.165, 1.54) is 0 Å². The van der Waals surface area contributed by atoms with Crippen molar-refractivity contribution in [2.45, 2.75) is 13.8 Å². The van der Waals surface area contributed by atoms with Gasteiger partial charge in [0.15, 0.2) is 0 Å². The summed E-state index contributed by atoms with van der Waals surface area (Å²) in [5, 5.41) is 0. The van der Waals surface area contributed by atoms with E-state index in [2.05, 4.69) is 32.0 Å². The van der Waals surface area contributed by atoms with Gasteiger partial charge in [0.1, 0.15) is 0 Å². The van der Waals surface area contributed by atoms with Crippen LogP contribution < -0.4 is 0 Å². The Balaban J connectivity index is 2.87. The quantitative estimate of drug-likeness (QED) is 0.703. The molecule has 0 N–H and O–H groups in total. The van der Waals surface area contributed by atoms with E-state index >= 15 is 0 Å². The van der Waals surface area contributed by atoms with Crippen LogP contribution in [0.4, 0.5) is 0 Å². The van der Waals surface area contributed by atoms with Crippen molar-refractivity contribution in [1.29, 1.82) is 0 Å². The number of hydrogen-bond acceptors (Lipinski definition) is 2. The van der Waals surface area contributed by atoms with Crippen molar-refractivity contribution in [1.82, 2.24) is 9.97 Å². The summed E-state index contributed by atoms with van der Waals surface area (Å²) < 4.78 is 1.05. The molecule has 0 aliphatic carbocycles. The van der Waals surface area contributed by atoms with Gasteiger partial charge in [0.25, 0.3) is 0 Å². The number of aromatic nitrogens is 2. The maximum Gasteiger partial charge on any atom is 0.0919 e. The first-order valence-corrected chi connectivity index (χ1v) is 4.85. The molecule has 2 rings (SSSR count). The second-order valence-electron chi connectivity index (χ2n) is 3.10. The van der Waals surface area contributed by atoms with Gasteiger partial charge in [-0.3, -0.25) is 4.98 Å².